The number of hydrogen-bond acceptors (Lipinski definition) is 1. The van der Waals surface area contributed by atoms with Crippen LogP contribution in [0, 0.1) is 36.1 Å². The highest BCUT2D eigenvalue weighted by Crippen LogP contribution is 2.40. The number of hydrogen-bond donors (Lipinski definition) is 0. The molecule has 0 saturated heterocycles. The van der Waals surface area contributed by atoms with E-state index >= 15 is 0 Å². The molecule has 1 aliphatic rings. The summed E-state index contributed by atoms with van der Waals surface area (Å²) >= 11 is 0. The Balaban J connectivity index is 1.53. The lowest BCUT2D eigenvalue weighted by atomic mass is 9.76. The molecule has 0 unspecified atom stereocenters. The van der Waals surface area contributed by atoms with Crippen molar-refractivity contribution in [2.75, 3.05) is 6.61 Å². The van der Waals surface area contributed by atoms with Crippen LogP contribution in [0.5, 0.6) is 5.75 Å². The Hall–Kier alpha value is -2.04. The molecule has 1 aliphatic carbocycles. The zero-order valence-electron chi connectivity index (χ0n) is 18.5. The van der Waals surface area contributed by atoms with Crippen LogP contribution >= 0.6 is 0 Å². The number of halogens is 4. The van der Waals surface area contributed by atoms with E-state index in [1.807, 2.05) is 0 Å². The van der Waals surface area contributed by atoms with Crippen LogP contribution in [0.15, 0.2) is 24.3 Å². The molecule has 1 nitrogen and oxygen atoms in total. The van der Waals surface area contributed by atoms with Gasteiger partial charge in [0.05, 0.1) is 6.61 Å². The fourth-order valence-corrected chi connectivity index (χ4v) is 4.51. The van der Waals surface area contributed by atoms with Crippen LogP contribution in [-0.4, -0.2) is 6.61 Å². The molecule has 0 aromatic heterocycles. The van der Waals surface area contributed by atoms with E-state index in [0.717, 1.165) is 51.4 Å². The molecule has 0 amide bonds. The topological polar surface area (TPSA) is 9.23 Å². The Morgan fingerprint density at radius 2 is 1.58 bits per heavy atom. The summed E-state index contributed by atoms with van der Waals surface area (Å²) in [6.45, 7) is 4.01. The van der Waals surface area contributed by atoms with Crippen LogP contribution in [0.3, 0.4) is 0 Å². The van der Waals surface area contributed by atoms with Gasteiger partial charge in [-0.1, -0.05) is 38.0 Å². The molecular formula is C26H32F4O. The Bertz CT molecular complexity index is 872. The van der Waals surface area contributed by atoms with Crippen molar-refractivity contribution >= 4 is 0 Å². The van der Waals surface area contributed by atoms with Crippen molar-refractivity contribution in [3.8, 4) is 5.75 Å². The molecule has 1 saturated carbocycles. The highest BCUT2D eigenvalue weighted by atomic mass is 19.2. The fourth-order valence-electron chi connectivity index (χ4n) is 4.51. The van der Waals surface area contributed by atoms with Crippen LogP contribution in [0.4, 0.5) is 17.6 Å². The largest absolute Gasteiger partial charge is 0.490 e. The SMILES string of the molecule is CCCCCOc1ccc(C2CCC(CCc3ccc(C)c(F)c3F)CC2)c(F)c1F. The summed E-state index contributed by atoms with van der Waals surface area (Å²) in [6.07, 6.45) is 7.40. The van der Waals surface area contributed by atoms with Crippen molar-refractivity contribution in [3.63, 3.8) is 0 Å². The third kappa shape index (κ3) is 5.81. The lowest BCUT2D eigenvalue weighted by Gasteiger charge is -2.29. The summed E-state index contributed by atoms with van der Waals surface area (Å²) in [7, 11) is 0. The minimum absolute atomic E-state index is 0.0154. The van der Waals surface area contributed by atoms with Gasteiger partial charge < -0.3 is 4.74 Å². The van der Waals surface area contributed by atoms with Crippen LogP contribution in [0.1, 0.15) is 80.9 Å². The molecule has 31 heavy (non-hydrogen) atoms. The maximum atomic E-state index is 14.7. The molecule has 2 aromatic carbocycles. The molecule has 0 bridgehead atoms. The van der Waals surface area contributed by atoms with Gasteiger partial charge in [-0.2, -0.15) is 4.39 Å². The monoisotopic (exact) mass is 436 g/mol. The van der Waals surface area contributed by atoms with Gasteiger partial charge in [0.25, 0.3) is 0 Å². The molecule has 2 aromatic rings. The zero-order chi connectivity index (χ0) is 22.4. The summed E-state index contributed by atoms with van der Waals surface area (Å²) in [4.78, 5) is 0. The van der Waals surface area contributed by atoms with E-state index in [0.29, 0.717) is 35.6 Å². The maximum Gasteiger partial charge on any atom is 0.200 e. The van der Waals surface area contributed by atoms with Gasteiger partial charge >= 0.3 is 0 Å². The van der Waals surface area contributed by atoms with Gasteiger partial charge in [-0.15, -0.1) is 0 Å². The average Bonchev–Trinajstić information content (AvgIpc) is 2.78. The van der Waals surface area contributed by atoms with Crippen molar-refractivity contribution in [3.05, 3.63) is 64.2 Å². The van der Waals surface area contributed by atoms with Gasteiger partial charge in [0.1, 0.15) is 0 Å². The van der Waals surface area contributed by atoms with Gasteiger partial charge in [0, 0.05) is 0 Å². The molecule has 170 valence electrons. The van der Waals surface area contributed by atoms with Crippen LogP contribution in [0.2, 0.25) is 0 Å². The zero-order valence-corrected chi connectivity index (χ0v) is 18.5. The van der Waals surface area contributed by atoms with Gasteiger partial charge in [-0.05, 0) is 86.5 Å². The van der Waals surface area contributed by atoms with Crippen molar-refractivity contribution in [2.24, 2.45) is 5.92 Å². The van der Waals surface area contributed by atoms with Crippen LogP contribution in [0.25, 0.3) is 0 Å². The van der Waals surface area contributed by atoms with E-state index in [9.17, 15) is 17.6 Å². The van der Waals surface area contributed by atoms with E-state index < -0.39 is 23.3 Å². The molecule has 0 aliphatic heterocycles. The molecule has 0 N–H and O–H groups in total. The van der Waals surface area contributed by atoms with E-state index in [2.05, 4.69) is 6.92 Å². The number of rotatable bonds is 9. The number of benzene rings is 2. The molecule has 0 atom stereocenters. The number of ether oxygens (including phenoxy) is 1. The average molecular weight is 437 g/mol. The Morgan fingerprint density at radius 3 is 2.29 bits per heavy atom. The second-order valence-electron chi connectivity index (χ2n) is 8.76. The first kappa shape index (κ1) is 23.6. The van der Waals surface area contributed by atoms with Crippen molar-refractivity contribution in [1.29, 1.82) is 0 Å². The van der Waals surface area contributed by atoms with Crippen LogP contribution < -0.4 is 4.74 Å². The van der Waals surface area contributed by atoms with Gasteiger partial charge in [0.2, 0.25) is 5.82 Å². The highest BCUT2D eigenvalue weighted by molar-refractivity contribution is 5.33. The summed E-state index contributed by atoms with van der Waals surface area (Å²) in [5, 5.41) is 0. The fraction of sp³-hybridized carbons (Fsp3) is 0.538. The summed E-state index contributed by atoms with van der Waals surface area (Å²) in [5.74, 6) is -2.86. The minimum atomic E-state index is -0.895. The van der Waals surface area contributed by atoms with Crippen LogP contribution in [-0.2, 0) is 6.42 Å². The Labute approximate surface area is 182 Å². The molecule has 3 rings (SSSR count). The quantitative estimate of drug-likeness (QED) is 0.286. The Kier molecular flexibility index (Phi) is 8.39. The predicted octanol–water partition coefficient (Wildman–Crippen LogP) is 8.03. The number of aryl methyl sites for hydroxylation is 2. The first-order chi connectivity index (χ1) is 14.9. The second kappa shape index (κ2) is 11.0. The maximum absolute atomic E-state index is 14.7. The minimum Gasteiger partial charge on any atom is -0.490 e. The van der Waals surface area contributed by atoms with E-state index in [1.54, 1.807) is 31.2 Å². The van der Waals surface area contributed by atoms with Crippen molar-refractivity contribution in [1.82, 2.24) is 0 Å². The molecule has 5 heteroatoms. The number of unbranched alkanes of at least 4 members (excludes halogenated alkanes) is 2. The lowest BCUT2D eigenvalue weighted by Crippen LogP contribution is -2.16. The lowest BCUT2D eigenvalue weighted by molar-refractivity contribution is 0.281. The smallest absolute Gasteiger partial charge is 0.200 e. The first-order valence-electron chi connectivity index (χ1n) is 11.5. The van der Waals surface area contributed by atoms with Gasteiger partial charge in [-0.3, -0.25) is 0 Å². The third-order valence-corrected chi connectivity index (χ3v) is 6.55. The highest BCUT2D eigenvalue weighted by Gasteiger charge is 2.27. The standard InChI is InChI=1S/C26H32F4O/c1-3-4-5-16-31-22-15-14-21(25(29)26(22)30)19-11-7-18(8-12-19)9-13-20-10-6-17(2)23(27)24(20)28/h6,10,14-15,18-19H,3-5,7-9,11-13,16H2,1-2H3. The van der Waals surface area contributed by atoms with Crippen molar-refractivity contribution < 1.29 is 22.3 Å². The molecular weight excluding hydrogens is 404 g/mol. The summed E-state index contributed by atoms with van der Waals surface area (Å²) < 4.78 is 62.3. The predicted molar refractivity (Wildman–Crippen MR) is 115 cm³/mol. The van der Waals surface area contributed by atoms with Crippen molar-refractivity contribution in [2.45, 2.75) is 77.6 Å². The molecule has 0 radical (unpaired) electrons. The van der Waals surface area contributed by atoms with Gasteiger partial charge in [0.15, 0.2) is 23.2 Å². The summed E-state index contributed by atoms with van der Waals surface area (Å²) in [6, 6.07) is 6.46. The van der Waals surface area contributed by atoms with Gasteiger partial charge in [-0.25, -0.2) is 13.2 Å². The normalized spacial score (nSPS) is 18.9. The molecule has 0 heterocycles. The first-order valence-corrected chi connectivity index (χ1v) is 11.5. The molecule has 1 fully saturated rings. The second-order valence-corrected chi connectivity index (χ2v) is 8.76. The summed E-state index contributed by atoms with van der Waals surface area (Å²) in [5.41, 5.74) is 1.14. The molecule has 0 spiro atoms. The van der Waals surface area contributed by atoms with E-state index in [4.69, 9.17) is 4.74 Å². The third-order valence-electron chi connectivity index (χ3n) is 6.55. The van der Waals surface area contributed by atoms with E-state index in [1.165, 1.54) is 0 Å². The van der Waals surface area contributed by atoms with E-state index in [-0.39, 0.29) is 11.7 Å². The Morgan fingerprint density at radius 1 is 0.839 bits per heavy atom.